The average molecular weight is 327 g/mol. The highest BCUT2D eigenvalue weighted by Gasteiger charge is 2.17. The second kappa shape index (κ2) is 6.20. The van der Waals surface area contributed by atoms with Crippen LogP contribution in [0.2, 0.25) is 10.0 Å². The van der Waals surface area contributed by atoms with Crippen LogP contribution in [0.15, 0.2) is 30.5 Å². The molecule has 0 fully saturated rings. The van der Waals surface area contributed by atoms with E-state index in [1.165, 1.54) is 24.3 Å². The quantitative estimate of drug-likeness (QED) is 0.898. The maximum atomic E-state index is 12.3. The van der Waals surface area contributed by atoms with Gasteiger partial charge in [0.25, 0.3) is 5.91 Å². The third-order valence-corrected chi connectivity index (χ3v) is 3.34. The van der Waals surface area contributed by atoms with Gasteiger partial charge >= 0.3 is 5.97 Å². The first-order chi connectivity index (χ1) is 9.92. The van der Waals surface area contributed by atoms with E-state index in [9.17, 15) is 9.59 Å². The second-order valence-electron chi connectivity index (χ2n) is 4.28. The van der Waals surface area contributed by atoms with Crippen molar-refractivity contribution in [2.45, 2.75) is 13.5 Å². The third kappa shape index (κ3) is 3.37. The molecule has 2 rings (SSSR count). The number of benzene rings is 1. The Labute approximate surface area is 131 Å². The Morgan fingerprint density at radius 1 is 1.24 bits per heavy atom. The summed E-state index contributed by atoms with van der Waals surface area (Å²) in [5, 5.41) is 12.4. The van der Waals surface area contributed by atoms with Crippen molar-refractivity contribution in [1.29, 1.82) is 0 Å². The molecule has 0 aliphatic rings. The summed E-state index contributed by atoms with van der Waals surface area (Å²) in [4.78, 5) is 23.4. The number of aryl methyl sites for hydroxylation is 1. The largest absolute Gasteiger partial charge is 0.478 e. The Hall–Kier alpha value is -1.98. The molecule has 5 nitrogen and oxygen atoms in total. The monoisotopic (exact) mass is 326 g/mol. The number of anilines is 1. The van der Waals surface area contributed by atoms with E-state index in [1.54, 1.807) is 10.8 Å². The minimum atomic E-state index is -1.15. The van der Waals surface area contributed by atoms with Crippen molar-refractivity contribution in [1.82, 2.24) is 4.57 Å². The Balaban J connectivity index is 2.35. The average Bonchev–Trinajstić information content (AvgIpc) is 2.79. The molecule has 1 heterocycles. The van der Waals surface area contributed by atoms with E-state index >= 15 is 0 Å². The first-order valence-corrected chi connectivity index (χ1v) is 6.87. The molecule has 0 saturated heterocycles. The van der Waals surface area contributed by atoms with Crippen LogP contribution in [0.5, 0.6) is 0 Å². The van der Waals surface area contributed by atoms with E-state index in [4.69, 9.17) is 28.3 Å². The smallest absolute Gasteiger partial charge is 0.337 e. The van der Waals surface area contributed by atoms with E-state index < -0.39 is 11.9 Å². The van der Waals surface area contributed by atoms with Gasteiger partial charge in [0.05, 0.1) is 16.3 Å². The van der Waals surface area contributed by atoms with Crippen LogP contribution in [0.1, 0.15) is 27.8 Å². The highest BCUT2D eigenvalue weighted by molar-refractivity contribution is 6.31. The topological polar surface area (TPSA) is 71.3 Å². The van der Waals surface area contributed by atoms with E-state index in [0.29, 0.717) is 22.3 Å². The summed E-state index contributed by atoms with van der Waals surface area (Å²) in [7, 11) is 0. The molecule has 0 spiro atoms. The molecule has 0 aliphatic heterocycles. The van der Waals surface area contributed by atoms with Crippen LogP contribution in [0.4, 0.5) is 5.69 Å². The fraction of sp³-hybridized carbons (Fsp3) is 0.143. The first kappa shape index (κ1) is 15.4. The van der Waals surface area contributed by atoms with Gasteiger partial charge in [-0.25, -0.2) is 4.79 Å². The van der Waals surface area contributed by atoms with Crippen LogP contribution in [0.25, 0.3) is 0 Å². The summed E-state index contributed by atoms with van der Waals surface area (Å²) < 4.78 is 1.67. The van der Waals surface area contributed by atoms with Crippen molar-refractivity contribution < 1.29 is 14.7 Å². The minimum Gasteiger partial charge on any atom is -0.478 e. The van der Waals surface area contributed by atoms with Crippen LogP contribution >= 0.6 is 23.2 Å². The zero-order valence-corrected chi connectivity index (χ0v) is 12.6. The van der Waals surface area contributed by atoms with Crippen molar-refractivity contribution in [2.75, 3.05) is 5.32 Å². The van der Waals surface area contributed by atoms with Crippen molar-refractivity contribution in [2.24, 2.45) is 0 Å². The molecule has 0 unspecified atom stereocenters. The Morgan fingerprint density at radius 2 is 1.95 bits per heavy atom. The van der Waals surface area contributed by atoms with E-state index in [0.717, 1.165) is 0 Å². The van der Waals surface area contributed by atoms with Gasteiger partial charge in [-0.05, 0) is 31.2 Å². The maximum absolute atomic E-state index is 12.3. The van der Waals surface area contributed by atoms with Crippen molar-refractivity contribution in [3.8, 4) is 0 Å². The van der Waals surface area contributed by atoms with Gasteiger partial charge in [0.2, 0.25) is 0 Å². The molecule has 0 bridgehead atoms. The summed E-state index contributed by atoms with van der Waals surface area (Å²) in [6.45, 7) is 2.44. The Kier molecular flexibility index (Phi) is 4.55. The predicted molar refractivity (Wildman–Crippen MR) is 81.5 cm³/mol. The number of hydrogen-bond donors (Lipinski definition) is 2. The SMILES string of the molecule is CCn1cc(Cl)cc1C(=O)Nc1cc(Cl)ccc1C(=O)O. The van der Waals surface area contributed by atoms with Gasteiger partial charge in [0, 0.05) is 17.8 Å². The van der Waals surface area contributed by atoms with Gasteiger partial charge in [-0.3, -0.25) is 4.79 Å². The summed E-state index contributed by atoms with van der Waals surface area (Å²) >= 11 is 11.7. The molecule has 0 atom stereocenters. The molecule has 110 valence electrons. The van der Waals surface area contributed by atoms with Crippen molar-refractivity contribution in [3.05, 3.63) is 51.8 Å². The lowest BCUT2D eigenvalue weighted by Crippen LogP contribution is -2.18. The van der Waals surface area contributed by atoms with E-state index in [2.05, 4.69) is 5.32 Å². The normalized spacial score (nSPS) is 10.4. The summed E-state index contributed by atoms with van der Waals surface area (Å²) in [5.74, 6) is -1.60. The molecule has 0 saturated carbocycles. The molecule has 2 aromatic rings. The number of aromatic nitrogens is 1. The first-order valence-electron chi connectivity index (χ1n) is 6.12. The van der Waals surface area contributed by atoms with Gasteiger partial charge in [0.15, 0.2) is 0 Å². The molecule has 1 aromatic heterocycles. The van der Waals surface area contributed by atoms with E-state index in [-0.39, 0.29) is 11.3 Å². The fourth-order valence-electron chi connectivity index (χ4n) is 1.92. The minimum absolute atomic E-state index is 0.0338. The van der Waals surface area contributed by atoms with Gasteiger partial charge in [-0.1, -0.05) is 23.2 Å². The molecular weight excluding hydrogens is 315 g/mol. The molecule has 1 amide bonds. The number of nitrogens with one attached hydrogen (secondary N) is 1. The number of aromatic carboxylic acids is 1. The van der Waals surface area contributed by atoms with Gasteiger partial charge in [-0.15, -0.1) is 0 Å². The number of carbonyl (C=O) groups excluding carboxylic acids is 1. The van der Waals surface area contributed by atoms with Gasteiger partial charge in [-0.2, -0.15) is 0 Å². The lowest BCUT2D eigenvalue weighted by Gasteiger charge is -2.10. The lowest BCUT2D eigenvalue weighted by molar-refractivity contribution is 0.0698. The number of carbonyl (C=O) groups is 2. The summed E-state index contributed by atoms with van der Waals surface area (Å²) in [6.07, 6.45) is 1.63. The number of hydrogen-bond acceptors (Lipinski definition) is 2. The molecule has 2 N–H and O–H groups in total. The van der Waals surface area contributed by atoms with Gasteiger partial charge in [0.1, 0.15) is 5.69 Å². The molecule has 7 heteroatoms. The highest BCUT2D eigenvalue weighted by atomic mass is 35.5. The zero-order chi connectivity index (χ0) is 15.6. The number of carboxylic acid groups (broad SMARTS) is 1. The standard InChI is InChI=1S/C14H12Cl2N2O3/c1-2-18-7-9(16)6-12(18)13(19)17-11-5-8(15)3-4-10(11)14(20)21/h3-7H,2H2,1H3,(H,17,19)(H,20,21). The van der Waals surface area contributed by atoms with Crippen LogP contribution in [0, 0.1) is 0 Å². The molecule has 1 aromatic carbocycles. The fourth-order valence-corrected chi connectivity index (χ4v) is 2.31. The number of halogens is 2. The second-order valence-corrected chi connectivity index (χ2v) is 5.15. The Bertz CT molecular complexity index is 710. The Morgan fingerprint density at radius 3 is 2.57 bits per heavy atom. The summed E-state index contributed by atoms with van der Waals surface area (Å²) in [5.41, 5.74) is 0.451. The van der Waals surface area contributed by atoms with Crippen molar-refractivity contribution in [3.63, 3.8) is 0 Å². The lowest BCUT2D eigenvalue weighted by atomic mass is 10.1. The maximum Gasteiger partial charge on any atom is 0.337 e. The molecule has 21 heavy (non-hydrogen) atoms. The number of amides is 1. The summed E-state index contributed by atoms with van der Waals surface area (Å²) in [6, 6.07) is 5.70. The number of rotatable bonds is 4. The van der Waals surface area contributed by atoms with Gasteiger partial charge < -0.3 is 15.0 Å². The van der Waals surface area contributed by atoms with Crippen molar-refractivity contribution >= 4 is 40.8 Å². The van der Waals surface area contributed by atoms with Crippen LogP contribution in [0.3, 0.4) is 0 Å². The molecular formula is C14H12Cl2N2O3. The third-order valence-electron chi connectivity index (χ3n) is 2.90. The number of carboxylic acids is 1. The van der Waals surface area contributed by atoms with E-state index in [1.807, 2.05) is 6.92 Å². The number of nitrogens with zero attached hydrogens (tertiary/aromatic N) is 1. The predicted octanol–water partition coefficient (Wildman–Crippen LogP) is 3.77. The molecule has 0 aliphatic carbocycles. The van der Waals surface area contributed by atoms with Crippen LogP contribution in [-0.2, 0) is 6.54 Å². The van der Waals surface area contributed by atoms with Crippen LogP contribution < -0.4 is 5.32 Å². The molecule has 0 radical (unpaired) electrons. The zero-order valence-electron chi connectivity index (χ0n) is 11.1. The van der Waals surface area contributed by atoms with Crippen LogP contribution in [-0.4, -0.2) is 21.6 Å². The highest BCUT2D eigenvalue weighted by Crippen LogP contribution is 2.23.